The molecule has 0 aliphatic carbocycles. The molecule has 6 nitrogen and oxygen atoms in total. The van der Waals surface area contributed by atoms with Crippen LogP contribution in [-0.2, 0) is 4.79 Å². The number of carbonyl (C=O) groups excluding carboxylic acids is 2. The number of amides is 2. The number of hydrogen-bond acceptors (Lipinski definition) is 4. The first kappa shape index (κ1) is 17.6. The van der Waals surface area contributed by atoms with Gasteiger partial charge < -0.3 is 19.8 Å². The number of rotatable bonds is 6. The molecule has 2 aromatic carbocycles. The van der Waals surface area contributed by atoms with E-state index in [-0.39, 0.29) is 24.2 Å². The quantitative estimate of drug-likeness (QED) is 0.681. The Morgan fingerprint density at radius 3 is 2.46 bits per heavy atom. The molecule has 2 N–H and O–H groups in total. The van der Waals surface area contributed by atoms with Crippen molar-refractivity contribution >= 4 is 34.8 Å². The Bertz CT molecular complexity index is 892. The van der Waals surface area contributed by atoms with Gasteiger partial charge >= 0.3 is 0 Å². The van der Waals surface area contributed by atoms with Crippen LogP contribution < -0.4 is 15.4 Å². The van der Waals surface area contributed by atoms with Crippen molar-refractivity contribution < 1.29 is 18.7 Å². The Hall–Kier alpha value is -3.25. The first-order valence-corrected chi connectivity index (χ1v) is 8.11. The molecule has 3 aromatic rings. The molecule has 1 aromatic heterocycles. The normalized spacial score (nSPS) is 10.2. The fourth-order valence-electron chi connectivity index (χ4n) is 2.15. The summed E-state index contributed by atoms with van der Waals surface area (Å²) in [5, 5.41) is 5.92. The van der Waals surface area contributed by atoms with Crippen LogP contribution in [0.25, 0.3) is 0 Å². The predicted molar refractivity (Wildman–Crippen MR) is 98.7 cm³/mol. The highest BCUT2D eigenvalue weighted by atomic mass is 35.5. The predicted octanol–water partition coefficient (Wildman–Crippen LogP) is 4.20. The summed E-state index contributed by atoms with van der Waals surface area (Å²) in [5.41, 5.74) is 1.18. The molecule has 0 spiro atoms. The molecular formula is C19H15ClN2O4. The van der Waals surface area contributed by atoms with Crippen LogP contribution in [0.1, 0.15) is 10.6 Å². The summed E-state index contributed by atoms with van der Waals surface area (Å²) in [4.78, 5) is 23.8. The molecule has 132 valence electrons. The lowest BCUT2D eigenvalue weighted by Gasteiger charge is -2.09. The van der Waals surface area contributed by atoms with Gasteiger partial charge in [-0.3, -0.25) is 9.59 Å². The highest BCUT2D eigenvalue weighted by molar-refractivity contribution is 6.30. The van der Waals surface area contributed by atoms with E-state index >= 15 is 0 Å². The van der Waals surface area contributed by atoms with Crippen molar-refractivity contribution in [3.8, 4) is 5.75 Å². The van der Waals surface area contributed by atoms with Crippen molar-refractivity contribution in [3.63, 3.8) is 0 Å². The van der Waals surface area contributed by atoms with E-state index in [1.165, 1.54) is 6.26 Å². The second kappa shape index (κ2) is 8.22. The monoisotopic (exact) mass is 370 g/mol. The number of carbonyl (C=O) groups is 2. The topological polar surface area (TPSA) is 80.6 Å². The summed E-state index contributed by atoms with van der Waals surface area (Å²) in [5.74, 6) is 0.0808. The highest BCUT2D eigenvalue weighted by Gasteiger charge is 2.09. The zero-order valence-electron chi connectivity index (χ0n) is 13.6. The Morgan fingerprint density at radius 2 is 1.77 bits per heavy atom. The third kappa shape index (κ3) is 4.87. The second-order valence-corrected chi connectivity index (χ2v) is 5.74. The van der Waals surface area contributed by atoms with Crippen molar-refractivity contribution in [2.75, 3.05) is 17.2 Å². The summed E-state index contributed by atoms with van der Waals surface area (Å²) >= 11 is 5.87. The number of benzene rings is 2. The van der Waals surface area contributed by atoms with Crippen LogP contribution in [0, 0.1) is 0 Å². The van der Waals surface area contributed by atoms with E-state index in [1.54, 1.807) is 60.7 Å². The molecule has 0 bridgehead atoms. The summed E-state index contributed by atoms with van der Waals surface area (Å²) < 4.78 is 10.4. The minimum atomic E-state index is -0.343. The van der Waals surface area contributed by atoms with Crippen LogP contribution >= 0.6 is 11.6 Å². The maximum absolute atomic E-state index is 11.9. The lowest BCUT2D eigenvalue weighted by molar-refractivity contribution is -0.118. The fourth-order valence-corrected chi connectivity index (χ4v) is 2.34. The van der Waals surface area contributed by atoms with Crippen molar-refractivity contribution in [2.24, 2.45) is 0 Å². The van der Waals surface area contributed by atoms with Gasteiger partial charge in [0.25, 0.3) is 11.8 Å². The van der Waals surface area contributed by atoms with E-state index < -0.39 is 0 Å². The molecule has 3 rings (SSSR count). The van der Waals surface area contributed by atoms with E-state index in [0.29, 0.717) is 22.1 Å². The number of nitrogens with one attached hydrogen (secondary N) is 2. The molecule has 7 heteroatoms. The van der Waals surface area contributed by atoms with Gasteiger partial charge in [-0.05, 0) is 54.6 Å². The summed E-state index contributed by atoms with van der Waals surface area (Å²) in [6.45, 7) is -0.148. The minimum absolute atomic E-state index is 0.148. The van der Waals surface area contributed by atoms with Gasteiger partial charge in [-0.2, -0.15) is 0 Å². The van der Waals surface area contributed by atoms with Crippen LogP contribution in [0.15, 0.2) is 71.3 Å². The van der Waals surface area contributed by atoms with Gasteiger partial charge in [0.15, 0.2) is 12.4 Å². The highest BCUT2D eigenvalue weighted by Crippen LogP contribution is 2.17. The van der Waals surface area contributed by atoms with Crippen LogP contribution in [-0.4, -0.2) is 18.4 Å². The lowest BCUT2D eigenvalue weighted by atomic mass is 10.3. The molecule has 0 fully saturated rings. The van der Waals surface area contributed by atoms with E-state index in [2.05, 4.69) is 10.6 Å². The summed E-state index contributed by atoms with van der Waals surface area (Å²) in [6, 6.07) is 16.7. The third-order valence-electron chi connectivity index (χ3n) is 3.34. The summed E-state index contributed by atoms with van der Waals surface area (Å²) in [7, 11) is 0. The number of furan rings is 1. The Balaban J connectivity index is 1.49. The number of hydrogen-bond donors (Lipinski definition) is 2. The molecule has 0 saturated heterocycles. The zero-order valence-corrected chi connectivity index (χ0v) is 14.3. The van der Waals surface area contributed by atoms with Crippen molar-refractivity contribution in [3.05, 3.63) is 77.7 Å². The fraction of sp³-hybridized carbons (Fsp3) is 0.0526. The maximum atomic E-state index is 11.9. The molecule has 0 saturated carbocycles. The lowest BCUT2D eigenvalue weighted by Crippen LogP contribution is -2.20. The standard InChI is InChI=1S/C19H15ClN2O4/c20-13-3-1-4-15(11-13)21-18(23)12-26-16-8-6-14(7-9-16)22-19(24)17-5-2-10-25-17/h1-11H,12H2,(H,21,23)(H,22,24). The molecule has 0 aliphatic heterocycles. The molecule has 0 radical (unpaired) electrons. The Kier molecular flexibility index (Phi) is 5.56. The van der Waals surface area contributed by atoms with E-state index in [0.717, 1.165) is 0 Å². The zero-order chi connectivity index (χ0) is 18.4. The molecule has 0 aliphatic rings. The average molecular weight is 371 g/mol. The van der Waals surface area contributed by atoms with Gasteiger partial charge in [-0.25, -0.2) is 0 Å². The SMILES string of the molecule is O=C(COc1ccc(NC(=O)c2ccco2)cc1)Nc1cccc(Cl)c1. The van der Waals surface area contributed by atoms with Gasteiger partial charge in [0.1, 0.15) is 5.75 Å². The van der Waals surface area contributed by atoms with Gasteiger partial charge in [-0.1, -0.05) is 17.7 Å². The van der Waals surface area contributed by atoms with Crippen molar-refractivity contribution in [2.45, 2.75) is 0 Å². The molecule has 0 atom stereocenters. The average Bonchev–Trinajstić information content (AvgIpc) is 3.16. The maximum Gasteiger partial charge on any atom is 0.291 e. The molecule has 1 heterocycles. The molecule has 0 unspecified atom stereocenters. The van der Waals surface area contributed by atoms with E-state index in [4.69, 9.17) is 20.8 Å². The number of ether oxygens (including phenoxy) is 1. The third-order valence-corrected chi connectivity index (χ3v) is 3.57. The Morgan fingerprint density at radius 1 is 0.962 bits per heavy atom. The minimum Gasteiger partial charge on any atom is -0.484 e. The Labute approximate surface area is 154 Å². The van der Waals surface area contributed by atoms with Gasteiger partial charge in [0, 0.05) is 16.4 Å². The molecule has 2 amide bonds. The smallest absolute Gasteiger partial charge is 0.291 e. The van der Waals surface area contributed by atoms with Gasteiger partial charge in [0.2, 0.25) is 0 Å². The number of anilines is 2. The van der Waals surface area contributed by atoms with Crippen LogP contribution in [0.3, 0.4) is 0 Å². The molecule has 26 heavy (non-hydrogen) atoms. The van der Waals surface area contributed by atoms with E-state index in [1.807, 2.05) is 0 Å². The first-order valence-electron chi connectivity index (χ1n) is 7.73. The van der Waals surface area contributed by atoms with E-state index in [9.17, 15) is 9.59 Å². The van der Waals surface area contributed by atoms with Crippen LogP contribution in [0.4, 0.5) is 11.4 Å². The van der Waals surface area contributed by atoms with Gasteiger partial charge in [-0.15, -0.1) is 0 Å². The van der Waals surface area contributed by atoms with Gasteiger partial charge in [0.05, 0.1) is 6.26 Å². The summed E-state index contributed by atoms with van der Waals surface area (Å²) in [6.07, 6.45) is 1.43. The van der Waals surface area contributed by atoms with Crippen LogP contribution in [0.2, 0.25) is 5.02 Å². The van der Waals surface area contributed by atoms with Crippen LogP contribution in [0.5, 0.6) is 5.75 Å². The first-order chi connectivity index (χ1) is 12.6. The van der Waals surface area contributed by atoms with Crippen molar-refractivity contribution in [1.82, 2.24) is 0 Å². The largest absolute Gasteiger partial charge is 0.484 e. The molecular weight excluding hydrogens is 356 g/mol. The number of halogens is 1. The second-order valence-electron chi connectivity index (χ2n) is 5.30. The van der Waals surface area contributed by atoms with Crippen molar-refractivity contribution in [1.29, 1.82) is 0 Å².